The van der Waals surface area contributed by atoms with Crippen LogP contribution >= 0.6 is 0 Å². The van der Waals surface area contributed by atoms with E-state index in [0.29, 0.717) is 0 Å². The lowest BCUT2D eigenvalue weighted by molar-refractivity contribution is -0.140. The molecule has 1 aliphatic carbocycles. The zero-order valence-electron chi connectivity index (χ0n) is 15.5. The van der Waals surface area contributed by atoms with Gasteiger partial charge in [-0.15, -0.1) is 5.10 Å². The van der Waals surface area contributed by atoms with Crippen molar-refractivity contribution in [1.29, 1.82) is 0 Å². The van der Waals surface area contributed by atoms with Crippen LogP contribution in [0.2, 0.25) is 0 Å². The number of hydrogen-bond acceptors (Lipinski definition) is 4. The molecule has 2 aromatic carbocycles. The molecule has 1 unspecified atom stereocenters. The second kappa shape index (κ2) is 7.84. The minimum absolute atomic E-state index is 0.204. The Morgan fingerprint density at radius 3 is 2.43 bits per heavy atom. The number of benzene rings is 2. The molecule has 0 amide bonds. The van der Waals surface area contributed by atoms with Crippen LogP contribution in [0.5, 0.6) is 0 Å². The maximum Gasteiger partial charge on any atom is 0.437 e. The Labute approximate surface area is 162 Å². The van der Waals surface area contributed by atoms with E-state index in [1.807, 2.05) is 54.6 Å². The lowest BCUT2D eigenvalue weighted by atomic mass is 9.84. The first kappa shape index (κ1) is 18.2. The van der Waals surface area contributed by atoms with E-state index in [2.05, 4.69) is 5.10 Å². The number of carboxylic acids is 1. The quantitative estimate of drug-likeness (QED) is 0.703. The molecule has 28 heavy (non-hydrogen) atoms. The fourth-order valence-electron chi connectivity index (χ4n) is 4.01. The summed E-state index contributed by atoms with van der Waals surface area (Å²) in [6.07, 6.45) is 4.14. The third kappa shape index (κ3) is 3.76. The number of aromatic nitrogens is 2. The summed E-state index contributed by atoms with van der Waals surface area (Å²) < 4.78 is 6.53. The average molecular weight is 378 g/mol. The summed E-state index contributed by atoms with van der Waals surface area (Å²) in [6, 6.07) is 16.7. The van der Waals surface area contributed by atoms with Crippen molar-refractivity contribution >= 4 is 5.97 Å². The van der Waals surface area contributed by atoms with Gasteiger partial charge in [-0.1, -0.05) is 55.3 Å². The van der Waals surface area contributed by atoms with Crippen LogP contribution in [0.25, 0.3) is 11.5 Å². The van der Waals surface area contributed by atoms with Gasteiger partial charge in [-0.05, 0) is 42.0 Å². The Kier molecular flexibility index (Phi) is 5.10. The molecule has 0 radical (unpaired) electrons. The van der Waals surface area contributed by atoms with Crippen LogP contribution in [-0.4, -0.2) is 20.9 Å². The molecule has 1 heterocycles. The molecule has 3 aromatic rings. The lowest BCUT2D eigenvalue weighted by Gasteiger charge is -2.19. The molecule has 6 heteroatoms. The van der Waals surface area contributed by atoms with Gasteiger partial charge in [0.25, 0.3) is 0 Å². The van der Waals surface area contributed by atoms with Crippen molar-refractivity contribution < 1.29 is 14.3 Å². The molecule has 1 saturated carbocycles. The van der Waals surface area contributed by atoms with Crippen LogP contribution < -0.4 is 5.76 Å². The molecule has 1 atom stereocenters. The first-order chi connectivity index (χ1) is 13.6. The maximum atomic E-state index is 12.1. The number of carbonyl (C=O) groups is 1. The summed E-state index contributed by atoms with van der Waals surface area (Å²) in [6.45, 7) is 0.274. The van der Waals surface area contributed by atoms with Gasteiger partial charge >= 0.3 is 11.7 Å². The Hall–Kier alpha value is -3.15. The summed E-state index contributed by atoms with van der Waals surface area (Å²) in [5.41, 5.74) is 2.43. The van der Waals surface area contributed by atoms with Crippen LogP contribution in [0.4, 0.5) is 0 Å². The maximum absolute atomic E-state index is 12.1. The first-order valence-electron chi connectivity index (χ1n) is 9.57. The smallest absolute Gasteiger partial charge is 0.437 e. The van der Waals surface area contributed by atoms with Crippen molar-refractivity contribution in [3.8, 4) is 11.5 Å². The Balaban J connectivity index is 1.53. The van der Waals surface area contributed by atoms with Crippen LogP contribution in [0.3, 0.4) is 0 Å². The van der Waals surface area contributed by atoms with Crippen LogP contribution in [0.15, 0.2) is 63.8 Å². The molecule has 0 spiro atoms. The highest BCUT2D eigenvalue weighted by Gasteiger charge is 2.31. The fraction of sp³-hybridized carbons (Fsp3) is 0.318. The van der Waals surface area contributed by atoms with E-state index in [1.54, 1.807) is 0 Å². The molecule has 1 N–H and O–H groups in total. The molecule has 1 aliphatic rings. The number of carboxylic acid groups (broad SMARTS) is 1. The number of aliphatic carboxylic acids is 1. The SMILES string of the molecule is O=C(O)C(c1ccc(Cn2nc(-c3ccccc3)oc2=O)cc1)C1CCCC1. The van der Waals surface area contributed by atoms with E-state index in [-0.39, 0.29) is 18.4 Å². The molecule has 1 aromatic heterocycles. The van der Waals surface area contributed by atoms with Gasteiger partial charge in [-0.3, -0.25) is 4.79 Å². The predicted molar refractivity (Wildman–Crippen MR) is 104 cm³/mol. The topological polar surface area (TPSA) is 85.3 Å². The van der Waals surface area contributed by atoms with Gasteiger partial charge in [-0.25, -0.2) is 4.79 Å². The second-order valence-electron chi connectivity index (χ2n) is 7.30. The normalized spacial score (nSPS) is 15.6. The molecule has 0 bridgehead atoms. The largest absolute Gasteiger partial charge is 0.481 e. The van der Waals surface area contributed by atoms with E-state index in [0.717, 1.165) is 42.4 Å². The van der Waals surface area contributed by atoms with Crippen molar-refractivity contribution in [2.24, 2.45) is 5.92 Å². The molecule has 6 nitrogen and oxygen atoms in total. The van der Waals surface area contributed by atoms with E-state index in [9.17, 15) is 14.7 Å². The summed E-state index contributed by atoms with van der Waals surface area (Å²) in [5, 5.41) is 13.9. The Morgan fingerprint density at radius 2 is 1.79 bits per heavy atom. The third-order valence-electron chi connectivity index (χ3n) is 5.44. The van der Waals surface area contributed by atoms with Gasteiger partial charge in [0.1, 0.15) is 0 Å². The monoisotopic (exact) mass is 378 g/mol. The summed E-state index contributed by atoms with van der Waals surface area (Å²) >= 11 is 0. The molecule has 144 valence electrons. The third-order valence-corrected chi connectivity index (χ3v) is 5.44. The van der Waals surface area contributed by atoms with Crippen LogP contribution in [-0.2, 0) is 11.3 Å². The molecular weight excluding hydrogens is 356 g/mol. The van der Waals surface area contributed by atoms with E-state index in [4.69, 9.17) is 4.42 Å². The molecule has 0 saturated heterocycles. The standard InChI is InChI=1S/C22H22N2O4/c25-21(26)19(16-6-4-5-7-16)17-12-10-15(11-13-17)14-24-22(27)28-20(23-24)18-8-2-1-3-9-18/h1-3,8-13,16,19H,4-7,14H2,(H,25,26). The molecule has 1 fully saturated rings. The van der Waals surface area contributed by atoms with Crippen molar-refractivity contribution in [1.82, 2.24) is 9.78 Å². The second-order valence-corrected chi connectivity index (χ2v) is 7.30. The van der Waals surface area contributed by atoms with Gasteiger partial charge in [0, 0.05) is 5.56 Å². The van der Waals surface area contributed by atoms with Crippen molar-refractivity contribution in [2.45, 2.75) is 38.1 Å². The van der Waals surface area contributed by atoms with E-state index < -0.39 is 17.6 Å². The minimum Gasteiger partial charge on any atom is -0.481 e. The summed E-state index contributed by atoms with van der Waals surface area (Å²) in [7, 11) is 0. The zero-order chi connectivity index (χ0) is 19.5. The Morgan fingerprint density at radius 1 is 1.11 bits per heavy atom. The van der Waals surface area contributed by atoms with Gasteiger partial charge in [-0.2, -0.15) is 4.68 Å². The highest BCUT2D eigenvalue weighted by atomic mass is 16.4. The first-order valence-corrected chi connectivity index (χ1v) is 9.57. The summed E-state index contributed by atoms with van der Waals surface area (Å²) in [4.78, 5) is 23.9. The van der Waals surface area contributed by atoms with E-state index >= 15 is 0 Å². The van der Waals surface area contributed by atoms with Crippen molar-refractivity contribution in [2.75, 3.05) is 0 Å². The summed E-state index contributed by atoms with van der Waals surface area (Å²) in [5.74, 6) is -1.25. The van der Waals surface area contributed by atoms with Crippen LogP contribution in [0.1, 0.15) is 42.7 Å². The fourth-order valence-corrected chi connectivity index (χ4v) is 4.01. The van der Waals surface area contributed by atoms with Gasteiger partial charge in [0.15, 0.2) is 0 Å². The van der Waals surface area contributed by atoms with Gasteiger partial charge in [0.2, 0.25) is 5.89 Å². The highest BCUT2D eigenvalue weighted by Crippen LogP contribution is 2.37. The number of hydrogen-bond donors (Lipinski definition) is 1. The van der Waals surface area contributed by atoms with Gasteiger partial charge < -0.3 is 9.52 Å². The lowest BCUT2D eigenvalue weighted by Crippen LogP contribution is -2.20. The van der Waals surface area contributed by atoms with E-state index in [1.165, 1.54) is 4.68 Å². The Bertz CT molecular complexity index is 999. The number of nitrogens with zero attached hydrogens (tertiary/aromatic N) is 2. The minimum atomic E-state index is -0.764. The zero-order valence-corrected chi connectivity index (χ0v) is 15.5. The molecular formula is C22H22N2O4. The average Bonchev–Trinajstić information content (AvgIpc) is 3.34. The van der Waals surface area contributed by atoms with Crippen molar-refractivity contribution in [3.05, 3.63) is 76.3 Å². The number of rotatable bonds is 6. The highest BCUT2D eigenvalue weighted by molar-refractivity contribution is 5.76. The van der Waals surface area contributed by atoms with Gasteiger partial charge in [0.05, 0.1) is 12.5 Å². The predicted octanol–water partition coefficient (Wildman–Crippen LogP) is 3.91. The van der Waals surface area contributed by atoms with Crippen LogP contribution in [0, 0.1) is 5.92 Å². The molecule has 4 rings (SSSR count). The van der Waals surface area contributed by atoms with Crippen molar-refractivity contribution in [3.63, 3.8) is 0 Å². The molecule has 0 aliphatic heterocycles.